The van der Waals surface area contributed by atoms with Crippen molar-refractivity contribution in [2.75, 3.05) is 4.90 Å². The predicted octanol–water partition coefficient (Wildman–Crippen LogP) is 5.23. The van der Waals surface area contributed by atoms with Crippen molar-refractivity contribution in [2.45, 2.75) is 6.18 Å². The number of benzene rings is 2. The Morgan fingerprint density at radius 3 is 2.05 bits per heavy atom. The lowest BCUT2D eigenvalue weighted by Crippen LogP contribution is -2.31. The summed E-state index contributed by atoms with van der Waals surface area (Å²) in [7, 11) is 0. The molecule has 2 aromatic rings. The molecule has 0 aliphatic carbocycles. The molecule has 0 bridgehead atoms. The Balaban J connectivity index is 2.55. The second-order valence-electron chi connectivity index (χ2n) is 4.31. The van der Waals surface area contributed by atoms with E-state index in [1.807, 2.05) is 0 Å². The highest BCUT2D eigenvalue weighted by atomic mass is 35.5. The van der Waals surface area contributed by atoms with Crippen LogP contribution in [0.5, 0.6) is 0 Å². The highest BCUT2D eigenvalue weighted by molar-refractivity contribution is 6.31. The maximum Gasteiger partial charge on any atom is 0.417 e. The van der Waals surface area contributed by atoms with Crippen molar-refractivity contribution in [1.82, 2.24) is 0 Å². The van der Waals surface area contributed by atoms with Crippen molar-refractivity contribution in [1.29, 1.82) is 0 Å². The van der Waals surface area contributed by atoms with Crippen molar-refractivity contribution in [3.8, 4) is 0 Å². The molecule has 8 heteroatoms. The first kappa shape index (κ1) is 16.5. The maximum atomic E-state index is 12.9. The van der Waals surface area contributed by atoms with Crippen molar-refractivity contribution in [3.05, 3.63) is 58.1 Å². The van der Waals surface area contributed by atoms with Crippen molar-refractivity contribution in [2.24, 2.45) is 5.73 Å². The van der Waals surface area contributed by atoms with Crippen molar-refractivity contribution >= 4 is 40.6 Å². The zero-order chi connectivity index (χ0) is 16.5. The normalized spacial score (nSPS) is 11.3. The molecule has 0 heterocycles. The quantitative estimate of drug-likeness (QED) is 0.793. The van der Waals surface area contributed by atoms with Crippen LogP contribution in [0, 0.1) is 0 Å². The van der Waals surface area contributed by atoms with Crippen LogP contribution >= 0.6 is 23.2 Å². The summed E-state index contributed by atoms with van der Waals surface area (Å²) < 4.78 is 38.7. The first-order valence-electron chi connectivity index (χ1n) is 5.92. The molecule has 0 aliphatic rings. The molecule has 0 spiro atoms. The summed E-state index contributed by atoms with van der Waals surface area (Å²) in [6.07, 6.45) is -4.64. The molecule has 22 heavy (non-hydrogen) atoms. The van der Waals surface area contributed by atoms with Crippen LogP contribution in [0.2, 0.25) is 10.0 Å². The smallest absolute Gasteiger partial charge is 0.351 e. The second-order valence-corrected chi connectivity index (χ2v) is 5.16. The summed E-state index contributed by atoms with van der Waals surface area (Å²) in [4.78, 5) is 12.6. The third-order valence-corrected chi connectivity index (χ3v) is 3.40. The number of rotatable bonds is 2. The Labute approximate surface area is 134 Å². The Kier molecular flexibility index (Phi) is 4.53. The first-order chi connectivity index (χ1) is 10.2. The van der Waals surface area contributed by atoms with E-state index in [0.717, 1.165) is 17.0 Å². The fourth-order valence-electron chi connectivity index (χ4n) is 1.86. The van der Waals surface area contributed by atoms with Gasteiger partial charge in [-0.25, -0.2) is 4.79 Å². The average molecular weight is 349 g/mol. The molecule has 0 unspecified atom stereocenters. The number of nitrogens with two attached hydrogens (primary N) is 1. The van der Waals surface area contributed by atoms with Crippen molar-refractivity contribution < 1.29 is 18.0 Å². The molecule has 2 aromatic carbocycles. The van der Waals surface area contributed by atoms with Gasteiger partial charge < -0.3 is 5.73 Å². The summed E-state index contributed by atoms with van der Waals surface area (Å²) >= 11 is 11.3. The lowest BCUT2D eigenvalue weighted by molar-refractivity contribution is -0.137. The number of anilines is 2. The third-order valence-electron chi connectivity index (χ3n) is 2.82. The van der Waals surface area contributed by atoms with Gasteiger partial charge in [0.15, 0.2) is 0 Å². The molecule has 2 amide bonds. The van der Waals surface area contributed by atoms with Gasteiger partial charge in [0.2, 0.25) is 0 Å². The van der Waals surface area contributed by atoms with E-state index < -0.39 is 22.8 Å². The SMILES string of the molecule is NC(=O)N(c1ccc(Cl)cc1)c1ccc(Cl)c(C(F)(F)F)c1. The molecule has 0 fully saturated rings. The molecule has 2 N–H and O–H groups in total. The van der Waals surface area contributed by atoms with Crippen LogP contribution < -0.4 is 10.6 Å². The molecular formula is C14H9Cl2F3N2O. The standard InChI is InChI=1S/C14H9Cl2F3N2O/c15-8-1-3-9(4-2-8)21(13(20)22)10-5-6-12(16)11(7-10)14(17,18)19/h1-7H,(H2,20,22). The van der Waals surface area contributed by atoms with E-state index >= 15 is 0 Å². The summed E-state index contributed by atoms with van der Waals surface area (Å²) in [6, 6.07) is 8.09. The number of carbonyl (C=O) groups is 1. The minimum atomic E-state index is -4.64. The minimum absolute atomic E-state index is 0.0495. The van der Waals surface area contributed by atoms with Gasteiger partial charge in [-0.1, -0.05) is 23.2 Å². The Bertz CT molecular complexity index is 702. The van der Waals surface area contributed by atoms with Crippen LogP contribution in [0.4, 0.5) is 29.3 Å². The summed E-state index contributed by atoms with van der Waals surface area (Å²) in [5.41, 5.74) is 4.46. The summed E-state index contributed by atoms with van der Waals surface area (Å²) in [5, 5.41) is -0.0444. The highest BCUT2D eigenvalue weighted by Gasteiger charge is 2.34. The molecule has 0 saturated carbocycles. The number of amides is 2. The Morgan fingerprint density at radius 1 is 1.00 bits per heavy atom. The van der Waals surface area contributed by atoms with Gasteiger partial charge in [0.25, 0.3) is 0 Å². The molecule has 0 aliphatic heterocycles. The van der Waals surface area contributed by atoms with Crippen LogP contribution in [-0.4, -0.2) is 6.03 Å². The molecular weight excluding hydrogens is 340 g/mol. The number of primary amides is 1. The van der Waals surface area contributed by atoms with Gasteiger partial charge in [-0.05, 0) is 42.5 Å². The second kappa shape index (κ2) is 6.06. The fourth-order valence-corrected chi connectivity index (χ4v) is 2.21. The summed E-state index contributed by atoms with van der Waals surface area (Å²) in [5.74, 6) is 0. The Morgan fingerprint density at radius 2 is 1.55 bits per heavy atom. The monoisotopic (exact) mass is 348 g/mol. The number of hydrogen-bond donors (Lipinski definition) is 1. The number of alkyl halides is 3. The van der Waals surface area contributed by atoms with E-state index in [0.29, 0.717) is 5.02 Å². The number of urea groups is 1. The first-order valence-corrected chi connectivity index (χ1v) is 6.67. The van der Waals surface area contributed by atoms with E-state index in [9.17, 15) is 18.0 Å². The number of carbonyl (C=O) groups excluding carboxylic acids is 1. The van der Waals surface area contributed by atoms with Gasteiger partial charge in [0.05, 0.1) is 22.0 Å². The summed E-state index contributed by atoms with van der Waals surface area (Å²) in [6.45, 7) is 0. The fraction of sp³-hybridized carbons (Fsp3) is 0.0714. The zero-order valence-corrected chi connectivity index (χ0v) is 12.4. The minimum Gasteiger partial charge on any atom is -0.351 e. The topological polar surface area (TPSA) is 46.3 Å². The average Bonchev–Trinajstić information content (AvgIpc) is 2.41. The van der Waals surface area contributed by atoms with E-state index in [-0.39, 0.29) is 11.4 Å². The molecule has 2 rings (SSSR count). The molecule has 3 nitrogen and oxygen atoms in total. The van der Waals surface area contributed by atoms with E-state index in [1.165, 1.54) is 30.3 Å². The van der Waals surface area contributed by atoms with Gasteiger partial charge in [0.1, 0.15) is 0 Å². The number of halogens is 5. The van der Waals surface area contributed by atoms with E-state index in [1.54, 1.807) is 0 Å². The third kappa shape index (κ3) is 3.45. The van der Waals surface area contributed by atoms with Gasteiger partial charge in [-0.2, -0.15) is 13.2 Å². The van der Waals surface area contributed by atoms with Crippen LogP contribution in [0.1, 0.15) is 5.56 Å². The van der Waals surface area contributed by atoms with E-state index in [2.05, 4.69) is 0 Å². The molecule has 116 valence electrons. The molecule has 0 atom stereocenters. The molecule has 0 aromatic heterocycles. The van der Waals surface area contributed by atoms with Crippen LogP contribution in [0.25, 0.3) is 0 Å². The van der Waals surface area contributed by atoms with Crippen LogP contribution in [0.15, 0.2) is 42.5 Å². The highest BCUT2D eigenvalue weighted by Crippen LogP contribution is 2.38. The lowest BCUT2D eigenvalue weighted by atomic mass is 10.1. The molecule has 0 radical (unpaired) electrons. The van der Waals surface area contributed by atoms with Gasteiger partial charge >= 0.3 is 12.2 Å². The van der Waals surface area contributed by atoms with E-state index in [4.69, 9.17) is 28.9 Å². The van der Waals surface area contributed by atoms with Gasteiger partial charge in [-0.3, -0.25) is 4.90 Å². The van der Waals surface area contributed by atoms with Gasteiger partial charge in [0, 0.05) is 5.02 Å². The van der Waals surface area contributed by atoms with Gasteiger partial charge in [-0.15, -0.1) is 0 Å². The maximum absolute atomic E-state index is 12.9. The molecule has 0 saturated heterocycles. The Hall–Kier alpha value is -1.92. The largest absolute Gasteiger partial charge is 0.417 e. The lowest BCUT2D eigenvalue weighted by Gasteiger charge is -2.22. The predicted molar refractivity (Wildman–Crippen MR) is 79.6 cm³/mol. The van der Waals surface area contributed by atoms with Crippen LogP contribution in [0.3, 0.4) is 0 Å². The zero-order valence-electron chi connectivity index (χ0n) is 10.9. The number of nitrogens with zero attached hydrogens (tertiary/aromatic N) is 1. The number of hydrogen-bond acceptors (Lipinski definition) is 1. The van der Waals surface area contributed by atoms with Crippen LogP contribution in [-0.2, 0) is 6.18 Å². The van der Waals surface area contributed by atoms with Crippen molar-refractivity contribution in [3.63, 3.8) is 0 Å².